The Morgan fingerprint density at radius 1 is 1.43 bits per heavy atom. The molecule has 1 heterocycles. The summed E-state index contributed by atoms with van der Waals surface area (Å²) < 4.78 is 40.0. The van der Waals surface area contributed by atoms with Gasteiger partial charge in [0.15, 0.2) is 0 Å². The molecule has 0 amide bonds. The van der Waals surface area contributed by atoms with Crippen molar-refractivity contribution >= 4 is 34.0 Å². The zero-order chi connectivity index (χ0) is 14.6. The van der Waals surface area contributed by atoms with Gasteiger partial charge in [0.2, 0.25) is 10.0 Å². The minimum absolute atomic E-state index is 0. The molecule has 2 N–H and O–H groups in total. The second kappa shape index (κ2) is 8.29. The van der Waals surface area contributed by atoms with E-state index in [2.05, 4.69) is 10.0 Å². The molecule has 1 aliphatic rings. The van der Waals surface area contributed by atoms with Gasteiger partial charge in [0.05, 0.1) is 0 Å². The average Bonchev–Trinajstić information content (AvgIpc) is 2.42. The molecule has 8 heteroatoms. The number of hydrogen-bond donors (Lipinski definition) is 2. The zero-order valence-electron chi connectivity index (χ0n) is 11.4. The van der Waals surface area contributed by atoms with Gasteiger partial charge in [-0.25, -0.2) is 17.5 Å². The van der Waals surface area contributed by atoms with Crippen molar-refractivity contribution in [1.29, 1.82) is 0 Å². The topological polar surface area (TPSA) is 58.2 Å². The first-order valence-corrected chi connectivity index (χ1v) is 8.50. The molecule has 1 aliphatic heterocycles. The highest BCUT2D eigenvalue weighted by Crippen LogP contribution is 2.20. The highest BCUT2D eigenvalue weighted by atomic mass is 35.5. The van der Waals surface area contributed by atoms with Gasteiger partial charge in [-0.3, -0.25) is 0 Å². The summed E-state index contributed by atoms with van der Waals surface area (Å²) in [6.07, 6.45) is 2.95. The van der Waals surface area contributed by atoms with E-state index in [0.717, 1.165) is 44.5 Å². The van der Waals surface area contributed by atoms with Gasteiger partial charge in [-0.2, -0.15) is 0 Å². The van der Waals surface area contributed by atoms with E-state index in [0.29, 0.717) is 12.5 Å². The lowest BCUT2D eigenvalue weighted by Gasteiger charge is -2.22. The van der Waals surface area contributed by atoms with Crippen molar-refractivity contribution in [2.45, 2.75) is 24.2 Å². The normalized spacial score (nSPS) is 19.0. The van der Waals surface area contributed by atoms with Crippen LogP contribution < -0.4 is 10.0 Å². The molecule has 0 radical (unpaired) electrons. The predicted molar refractivity (Wildman–Crippen MR) is 84.1 cm³/mol. The maximum absolute atomic E-state index is 13.6. The van der Waals surface area contributed by atoms with E-state index >= 15 is 0 Å². The molecule has 4 nitrogen and oxygen atoms in total. The van der Waals surface area contributed by atoms with Crippen LogP contribution in [0.3, 0.4) is 0 Å². The zero-order valence-corrected chi connectivity index (χ0v) is 13.8. The van der Waals surface area contributed by atoms with Gasteiger partial charge in [-0.05, 0) is 56.5 Å². The van der Waals surface area contributed by atoms with Crippen molar-refractivity contribution < 1.29 is 12.8 Å². The van der Waals surface area contributed by atoms with E-state index in [1.807, 2.05) is 0 Å². The van der Waals surface area contributed by atoms with Gasteiger partial charge in [0.25, 0.3) is 0 Å². The molecule has 0 aliphatic carbocycles. The molecule has 1 unspecified atom stereocenters. The Bertz CT molecular complexity index is 563. The van der Waals surface area contributed by atoms with E-state index in [1.165, 1.54) is 6.07 Å². The maximum Gasteiger partial charge on any atom is 0.243 e. The van der Waals surface area contributed by atoms with Crippen LogP contribution >= 0.6 is 24.0 Å². The summed E-state index contributed by atoms with van der Waals surface area (Å²) in [5, 5.41) is 3.47. The molecular weight excluding hydrogens is 338 g/mol. The molecule has 21 heavy (non-hydrogen) atoms. The summed E-state index contributed by atoms with van der Waals surface area (Å²) in [5.41, 5.74) is 0. The van der Waals surface area contributed by atoms with E-state index in [1.54, 1.807) is 0 Å². The maximum atomic E-state index is 13.6. The molecule has 1 aromatic carbocycles. The van der Waals surface area contributed by atoms with E-state index in [4.69, 9.17) is 11.6 Å². The van der Waals surface area contributed by atoms with Gasteiger partial charge in [-0.15, -0.1) is 12.4 Å². The first-order valence-electron chi connectivity index (χ1n) is 6.64. The van der Waals surface area contributed by atoms with Gasteiger partial charge in [-0.1, -0.05) is 11.6 Å². The van der Waals surface area contributed by atoms with Crippen LogP contribution in [0, 0.1) is 11.7 Å². The molecule has 1 aromatic rings. The minimum Gasteiger partial charge on any atom is -0.316 e. The van der Waals surface area contributed by atoms with Crippen molar-refractivity contribution in [3.63, 3.8) is 0 Å². The third-order valence-electron chi connectivity index (χ3n) is 3.43. The Hall–Kier alpha value is -0.400. The number of rotatable bonds is 5. The fourth-order valence-corrected chi connectivity index (χ4v) is 3.71. The highest BCUT2D eigenvalue weighted by molar-refractivity contribution is 7.89. The fraction of sp³-hybridized carbons (Fsp3) is 0.538. The first-order chi connectivity index (χ1) is 9.49. The molecule has 0 bridgehead atoms. The molecule has 1 atom stereocenters. The Balaban J connectivity index is 0.00000220. The van der Waals surface area contributed by atoms with Gasteiger partial charge >= 0.3 is 0 Å². The highest BCUT2D eigenvalue weighted by Gasteiger charge is 2.20. The van der Waals surface area contributed by atoms with E-state index < -0.39 is 20.7 Å². The molecule has 1 fully saturated rings. The quantitative estimate of drug-likeness (QED) is 0.852. The first kappa shape index (κ1) is 18.6. The van der Waals surface area contributed by atoms with Crippen molar-refractivity contribution in [3.05, 3.63) is 29.0 Å². The van der Waals surface area contributed by atoms with Crippen molar-refractivity contribution in [2.75, 3.05) is 19.6 Å². The molecule has 0 aromatic heterocycles. The third-order valence-corrected chi connectivity index (χ3v) is 5.14. The van der Waals surface area contributed by atoms with Crippen LogP contribution in [-0.4, -0.2) is 28.1 Å². The summed E-state index contributed by atoms with van der Waals surface area (Å²) in [5.74, 6) is -0.322. The summed E-state index contributed by atoms with van der Waals surface area (Å²) in [7, 11) is -3.84. The lowest BCUT2D eigenvalue weighted by molar-refractivity contribution is 0.358. The van der Waals surface area contributed by atoms with Gasteiger partial charge < -0.3 is 5.32 Å². The largest absolute Gasteiger partial charge is 0.316 e. The van der Waals surface area contributed by atoms with Gasteiger partial charge in [0.1, 0.15) is 10.7 Å². The number of sulfonamides is 1. The summed E-state index contributed by atoms with van der Waals surface area (Å²) in [6.45, 7) is 2.24. The molecular formula is C13H19Cl2FN2O2S. The third kappa shape index (κ3) is 5.38. The van der Waals surface area contributed by atoms with Crippen LogP contribution in [0.4, 0.5) is 4.39 Å². The van der Waals surface area contributed by atoms with Gasteiger partial charge in [0, 0.05) is 11.6 Å². The van der Waals surface area contributed by atoms with Crippen LogP contribution in [0.1, 0.15) is 19.3 Å². The summed E-state index contributed by atoms with van der Waals surface area (Å²) in [6, 6.07) is 3.51. The number of nitrogens with one attached hydrogen (secondary N) is 2. The minimum atomic E-state index is -3.84. The fourth-order valence-electron chi connectivity index (χ4n) is 2.33. The van der Waals surface area contributed by atoms with Crippen LogP contribution in [-0.2, 0) is 10.0 Å². The van der Waals surface area contributed by atoms with E-state index in [-0.39, 0.29) is 17.4 Å². The molecule has 2 rings (SSSR count). The summed E-state index contributed by atoms with van der Waals surface area (Å²) in [4.78, 5) is -0.397. The van der Waals surface area contributed by atoms with Crippen molar-refractivity contribution in [1.82, 2.24) is 10.0 Å². The van der Waals surface area contributed by atoms with E-state index in [9.17, 15) is 12.8 Å². The predicted octanol–water partition coefficient (Wildman–Crippen LogP) is 2.57. The Labute approximate surface area is 135 Å². The Morgan fingerprint density at radius 2 is 2.19 bits per heavy atom. The number of benzene rings is 1. The van der Waals surface area contributed by atoms with Crippen LogP contribution in [0.25, 0.3) is 0 Å². The molecule has 0 saturated carbocycles. The Morgan fingerprint density at radius 3 is 2.86 bits per heavy atom. The van der Waals surface area contributed by atoms with Crippen LogP contribution in [0.5, 0.6) is 0 Å². The molecule has 1 saturated heterocycles. The standard InChI is InChI=1S/C13H18ClFN2O2S.ClH/c14-11-3-4-12(15)13(8-11)20(18,19)17-7-5-10-2-1-6-16-9-10;/h3-4,8,10,16-17H,1-2,5-7,9H2;1H. The lowest BCUT2D eigenvalue weighted by Crippen LogP contribution is -2.33. The average molecular weight is 357 g/mol. The second-order valence-electron chi connectivity index (χ2n) is 4.97. The van der Waals surface area contributed by atoms with Crippen LogP contribution in [0.15, 0.2) is 23.1 Å². The summed E-state index contributed by atoms with van der Waals surface area (Å²) >= 11 is 5.71. The van der Waals surface area contributed by atoms with Crippen molar-refractivity contribution in [2.24, 2.45) is 5.92 Å². The second-order valence-corrected chi connectivity index (χ2v) is 7.15. The van der Waals surface area contributed by atoms with Crippen molar-refractivity contribution in [3.8, 4) is 0 Å². The monoisotopic (exact) mass is 356 g/mol. The Kier molecular flexibility index (Phi) is 7.36. The lowest BCUT2D eigenvalue weighted by atomic mass is 9.96. The molecule has 0 spiro atoms. The SMILES string of the molecule is Cl.O=S(=O)(NCCC1CCCNC1)c1cc(Cl)ccc1F. The number of halogens is 3. The number of hydrogen-bond acceptors (Lipinski definition) is 3. The van der Waals surface area contributed by atoms with Crippen LogP contribution in [0.2, 0.25) is 5.02 Å². The smallest absolute Gasteiger partial charge is 0.243 e. The molecule has 120 valence electrons. The number of piperidine rings is 1.